The maximum absolute atomic E-state index is 8.73. The standard InChI is InChI=1S/C8H10N2S/c1-3-4-8-7(5-9)6(2)11-10-8/h3-4H2,1-2H3. The number of aryl methyl sites for hydroxylation is 2. The van der Waals surface area contributed by atoms with E-state index < -0.39 is 0 Å². The third-order valence-corrected chi connectivity index (χ3v) is 2.32. The topological polar surface area (TPSA) is 36.7 Å². The molecule has 11 heavy (non-hydrogen) atoms. The van der Waals surface area contributed by atoms with E-state index in [1.54, 1.807) is 0 Å². The molecule has 0 amide bonds. The molecule has 0 aliphatic carbocycles. The summed E-state index contributed by atoms with van der Waals surface area (Å²) in [5, 5.41) is 8.73. The van der Waals surface area contributed by atoms with Gasteiger partial charge in [0.2, 0.25) is 0 Å². The molecule has 0 saturated heterocycles. The molecular formula is C8H10N2S. The Morgan fingerprint density at radius 2 is 2.36 bits per heavy atom. The van der Waals surface area contributed by atoms with Crippen LogP contribution in [-0.4, -0.2) is 4.37 Å². The minimum absolute atomic E-state index is 0.789. The molecule has 2 nitrogen and oxygen atoms in total. The van der Waals surface area contributed by atoms with Gasteiger partial charge in [-0.05, 0) is 24.9 Å². The van der Waals surface area contributed by atoms with Gasteiger partial charge in [0.1, 0.15) is 6.07 Å². The Morgan fingerprint density at radius 1 is 1.64 bits per heavy atom. The molecule has 0 unspecified atom stereocenters. The average Bonchev–Trinajstić information content (AvgIpc) is 2.33. The summed E-state index contributed by atoms with van der Waals surface area (Å²) in [6.07, 6.45) is 1.98. The fraction of sp³-hybridized carbons (Fsp3) is 0.500. The third-order valence-electron chi connectivity index (χ3n) is 1.53. The molecule has 58 valence electrons. The van der Waals surface area contributed by atoms with Crippen LogP contribution in [0.2, 0.25) is 0 Å². The van der Waals surface area contributed by atoms with Crippen molar-refractivity contribution in [2.45, 2.75) is 26.7 Å². The number of rotatable bonds is 2. The molecule has 0 aliphatic rings. The van der Waals surface area contributed by atoms with Crippen LogP contribution in [0.4, 0.5) is 0 Å². The average molecular weight is 166 g/mol. The maximum atomic E-state index is 8.73. The van der Waals surface area contributed by atoms with Gasteiger partial charge < -0.3 is 0 Å². The normalized spacial score (nSPS) is 9.55. The smallest absolute Gasteiger partial charge is 0.102 e. The first-order chi connectivity index (χ1) is 5.29. The van der Waals surface area contributed by atoms with Crippen molar-refractivity contribution in [1.82, 2.24) is 4.37 Å². The van der Waals surface area contributed by atoms with Crippen molar-refractivity contribution in [2.75, 3.05) is 0 Å². The van der Waals surface area contributed by atoms with Gasteiger partial charge in [0.15, 0.2) is 0 Å². The highest BCUT2D eigenvalue weighted by Crippen LogP contribution is 2.17. The summed E-state index contributed by atoms with van der Waals surface area (Å²) < 4.78 is 4.20. The van der Waals surface area contributed by atoms with E-state index in [-0.39, 0.29) is 0 Å². The Morgan fingerprint density at radius 3 is 2.91 bits per heavy atom. The zero-order chi connectivity index (χ0) is 8.27. The molecule has 1 heterocycles. The van der Waals surface area contributed by atoms with E-state index in [2.05, 4.69) is 17.4 Å². The van der Waals surface area contributed by atoms with Crippen molar-refractivity contribution in [3.8, 4) is 6.07 Å². The SMILES string of the molecule is CCCc1nsc(C)c1C#N. The van der Waals surface area contributed by atoms with Crippen molar-refractivity contribution in [1.29, 1.82) is 5.26 Å². The van der Waals surface area contributed by atoms with Crippen LogP contribution in [0.5, 0.6) is 0 Å². The Kier molecular flexibility index (Phi) is 2.61. The van der Waals surface area contributed by atoms with Crippen LogP contribution in [0, 0.1) is 18.3 Å². The van der Waals surface area contributed by atoms with E-state index in [1.807, 2.05) is 6.92 Å². The second kappa shape index (κ2) is 3.49. The summed E-state index contributed by atoms with van der Waals surface area (Å²) >= 11 is 1.42. The van der Waals surface area contributed by atoms with Gasteiger partial charge in [-0.2, -0.15) is 9.64 Å². The molecule has 0 aliphatic heterocycles. The summed E-state index contributed by atoms with van der Waals surface area (Å²) in [5.74, 6) is 0. The van der Waals surface area contributed by atoms with Crippen molar-refractivity contribution < 1.29 is 0 Å². The highest BCUT2D eigenvalue weighted by Gasteiger charge is 2.07. The van der Waals surface area contributed by atoms with Gasteiger partial charge in [0.05, 0.1) is 11.3 Å². The minimum atomic E-state index is 0.789. The predicted molar refractivity (Wildman–Crippen MR) is 45.6 cm³/mol. The number of nitriles is 1. The van der Waals surface area contributed by atoms with Gasteiger partial charge in [0, 0.05) is 4.88 Å². The minimum Gasteiger partial charge on any atom is -0.196 e. The molecule has 3 heteroatoms. The molecule has 0 radical (unpaired) electrons. The maximum Gasteiger partial charge on any atom is 0.102 e. The molecule has 1 aromatic rings. The van der Waals surface area contributed by atoms with Crippen LogP contribution in [0.25, 0.3) is 0 Å². The van der Waals surface area contributed by atoms with E-state index in [1.165, 1.54) is 11.5 Å². The molecule has 0 bridgehead atoms. The number of nitrogens with zero attached hydrogens (tertiary/aromatic N) is 2. The van der Waals surface area contributed by atoms with Crippen LogP contribution in [0.1, 0.15) is 29.5 Å². The zero-order valence-electron chi connectivity index (χ0n) is 6.72. The Hall–Kier alpha value is -0.880. The second-order valence-corrected chi connectivity index (χ2v) is 3.40. The number of hydrogen-bond acceptors (Lipinski definition) is 3. The van der Waals surface area contributed by atoms with Crippen molar-refractivity contribution in [3.63, 3.8) is 0 Å². The fourth-order valence-electron chi connectivity index (χ4n) is 0.969. The lowest BCUT2D eigenvalue weighted by Gasteiger charge is -1.90. The van der Waals surface area contributed by atoms with Crippen LogP contribution < -0.4 is 0 Å². The van der Waals surface area contributed by atoms with Gasteiger partial charge in [-0.25, -0.2) is 0 Å². The quantitative estimate of drug-likeness (QED) is 0.675. The lowest BCUT2D eigenvalue weighted by molar-refractivity contribution is 0.896. The lowest BCUT2D eigenvalue weighted by Crippen LogP contribution is -1.86. The molecule has 0 atom stereocenters. The van der Waals surface area contributed by atoms with Crippen LogP contribution in [0.3, 0.4) is 0 Å². The van der Waals surface area contributed by atoms with Gasteiger partial charge >= 0.3 is 0 Å². The highest BCUT2D eigenvalue weighted by atomic mass is 32.1. The van der Waals surface area contributed by atoms with E-state index in [0.717, 1.165) is 29.0 Å². The lowest BCUT2D eigenvalue weighted by atomic mass is 10.1. The number of hydrogen-bond donors (Lipinski definition) is 0. The zero-order valence-corrected chi connectivity index (χ0v) is 7.53. The molecule has 0 saturated carbocycles. The summed E-state index contributed by atoms with van der Waals surface area (Å²) in [7, 11) is 0. The van der Waals surface area contributed by atoms with E-state index >= 15 is 0 Å². The first-order valence-electron chi connectivity index (χ1n) is 3.64. The van der Waals surface area contributed by atoms with Gasteiger partial charge in [0.25, 0.3) is 0 Å². The molecule has 0 fully saturated rings. The summed E-state index contributed by atoms with van der Waals surface area (Å²) in [5.41, 5.74) is 1.76. The van der Waals surface area contributed by atoms with E-state index in [9.17, 15) is 0 Å². The number of aromatic nitrogens is 1. The first-order valence-corrected chi connectivity index (χ1v) is 4.42. The highest BCUT2D eigenvalue weighted by molar-refractivity contribution is 7.06. The van der Waals surface area contributed by atoms with Gasteiger partial charge in [-0.15, -0.1) is 0 Å². The largest absolute Gasteiger partial charge is 0.196 e. The molecule has 0 N–H and O–H groups in total. The van der Waals surface area contributed by atoms with E-state index in [0.29, 0.717) is 0 Å². The van der Waals surface area contributed by atoms with Crippen LogP contribution in [0.15, 0.2) is 0 Å². The van der Waals surface area contributed by atoms with Crippen molar-refractivity contribution in [2.24, 2.45) is 0 Å². The van der Waals surface area contributed by atoms with E-state index in [4.69, 9.17) is 5.26 Å². The Labute approximate surface area is 70.6 Å². The second-order valence-electron chi connectivity index (χ2n) is 2.42. The molecule has 1 aromatic heterocycles. The molecule has 0 spiro atoms. The van der Waals surface area contributed by atoms with Gasteiger partial charge in [-0.1, -0.05) is 13.3 Å². The summed E-state index contributed by atoms with van der Waals surface area (Å²) in [6.45, 7) is 4.03. The van der Waals surface area contributed by atoms with Crippen LogP contribution in [-0.2, 0) is 6.42 Å². The Balaban J connectivity index is 2.98. The predicted octanol–water partition coefficient (Wildman–Crippen LogP) is 2.28. The molecular weight excluding hydrogens is 156 g/mol. The Bertz CT molecular complexity index is 283. The fourth-order valence-corrected chi connectivity index (χ4v) is 1.65. The molecule has 1 rings (SSSR count). The third kappa shape index (κ3) is 1.58. The summed E-state index contributed by atoms with van der Waals surface area (Å²) in [4.78, 5) is 1.04. The van der Waals surface area contributed by atoms with Crippen molar-refractivity contribution in [3.05, 3.63) is 16.1 Å². The molecule has 0 aromatic carbocycles. The van der Waals surface area contributed by atoms with Crippen LogP contribution >= 0.6 is 11.5 Å². The summed E-state index contributed by atoms with van der Waals surface area (Å²) in [6, 6.07) is 2.18. The van der Waals surface area contributed by atoms with Gasteiger partial charge in [-0.3, -0.25) is 0 Å². The monoisotopic (exact) mass is 166 g/mol. The first kappa shape index (κ1) is 8.22. The van der Waals surface area contributed by atoms with Crippen molar-refractivity contribution >= 4 is 11.5 Å².